The van der Waals surface area contributed by atoms with Gasteiger partial charge in [-0.05, 0) is 60.5 Å². The normalized spacial score (nSPS) is 11.6. The number of aromatic hydroxyl groups is 1. The Morgan fingerprint density at radius 2 is 1.69 bits per heavy atom. The van der Waals surface area contributed by atoms with Crippen LogP contribution in [0.1, 0.15) is 16.7 Å². The van der Waals surface area contributed by atoms with Gasteiger partial charge in [0.05, 0.1) is 16.8 Å². The van der Waals surface area contributed by atoms with Gasteiger partial charge >= 0.3 is 0 Å². The fraction of sp³-hybridized carbons (Fsp3) is 0.111. The summed E-state index contributed by atoms with van der Waals surface area (Å²) in [4.78, 5) is 12.9. The maximum atomic E-state index is 13.5. The molecule has 0 aliphatic heterocycles. The molecule has 0 radical (unpaired) electrons. The van der Waals surface area contributed by atoms with Gasteiger partial charge in [0.1, 0.15) is 12.3 Å². The lowest BCUT2D eigenvalue weighted by molar-refractivity contribution is -0.119. The number of rotatable bonds is 7. The first kappa shape index (κ1) is 24.0. The van der Waals surface area contributed by atoms with Gasteiger partial charge in [-0.3, -0.25) is 9.10 Å². The summed E-state index contributed by atoms with van der Waals surface area (Å²) in [6.07, 6.45) is 1.35. The van der Waals surface area contributed by atoms with Crippen LogP contribution in [-0.2, 0) is 14.8 Å². The second-order valence-electron chi connectivity index (χ2n) is 8.18. The van der Waals surface area contributed by atoms with Gasteiger partial charge in [-0.2, -0.15) is 5.10 Å². The largest absolute Gasteiger partial charge is 0.507 e. The maximum Gasteiger partial charge on any atom is 0.264 e. The van der Waals surface area contributed by atoms with Crippen LogP contribution in [0.4, 0.5) is 5.69 Å². The third kappa shape index (κ3) is 5.33. The molecule has 0 atom stereocenters. The van der Waals surface area contributed by atoms with E-state index in [0.717, 1.165) is 26.2 Å². The van der Waals surface area contributed by atoms with E-state index in [2.05, 4.69) is 10.5 Å². The molecule has 35 heavy (non-hydrogen) atoms. The lowest BCUT2D eigenvalue weighted by Crippen LogP contribution is -2.39. The van der Waals surface area contributed by atoms with Gasteiger partial charge in [-0.1, -0.05) is 60.2 Å². The Morgan fingerprint density at radius 3 is 2.43 bits per heavy atom. The number of carbonyl (C=O) groups excluding carboxylic acids is 1. The molecule has 4 aromatic rings. The highest BCUT2D eigenvalue weighted by molar-refractivity contribution is 7.92. The van der Waals surface area contributed by atoms with E-state index in [1.54, 1.807) is 42.5 Å². The highest BCUT2D eigenvalue weighted by Crippen LogP contribution is 2.26. The van der Waals surface area contributed by atoms with Crippen molar-refractivity contribution in [2.75, 3.05) is 10.8 Å². The van der Waals surface area contributed by atoms with E-state index in [1.807, 2.05) is 44.2 Å². The van der Waals surface area contributed by atoms with Crippen molar-refractivity contribution >= 4 is 38.6 Å². The van der Waals surface area contributed by atoms with Crippen molar-refractivity contribution in [3.63, 3.8) is 0 Å². The Hall–Kier alpha value is -4.17. The number of aryl methyl sites for hydroxylation is 2. The molecule has 0 heterocycles. The zero-order valence-electron chi connectivity index (χ0n) is 19.3. The maximum absolute atomic E-state index is 13.5. The van der Waals surface area contributed by atoms with Crippen LogP contribution in [0.3, 0.4) is 0 Å². The van der Waals surface area contributed by atoms with E-state index in [-0.39, 0.29) is 10.6 Å². The number of benzene rings is 4. The number of anilines is 1. The van der Waals surface area contributed by atoms with Gasteiger partial charge in [-0.25, -0.2) is 13.8 Å². The standard InChI is InChI=1S/C27H25N3O4S/c1-19-10-13-23(14-11-19)35(33,34)30(22-8-5-6-20(2)16-22)18-27(32)29-28-17-25-24-9-4-3-7-21(24)12-15-26(25)31/h3-17,31H,18H2,1-2H3,(H,29,32)/b28-17+. The summed E-state index contributed by atoms with van der Waals surface area (Å²) in [5.41, 5.74) is 4.99. The van der Waals surface area contributed by atoms with Crippen LogP contribution in [0.25, 0.3) is 10.8 Å². The molecule has 0 aliphatic carbocycles. The Balaban J connectivity index is 1.60. The summed E-state index contributed by atoms with van der Waals surface area (Å²) in [5.74, 6) is -0.608. The topological polar surface area (TPSA) is 99.1 Å². The van der Waals surface area contributed by atoms with Crippen molar-refractivity contribution in [1.82, 2.24) is 5.43 Å². The number of phenolic OH excluding ortho intramolecular Hbond substituents is 1. The molecule has 0 saturated heterocycles. The average Bonchev–Trinajstić information content (AvgIpc) is 2.84. The molecule has 0 aromatic heterocycles. The molecule has 4 rings (SSSR count). The van der Waals surface area contributed by atoms with Crippen LogP contribution in [0.5, 0.6) is 5.75 Å². The Kier molecular flexibility index (Phi) is 6.84. The summed E-state index contributed by atoms with van der Waals surface area (Å²) < 4.78 is 28.0. The Bertz CT molecular complexity index is 1510. The van der Waals surface area contributed by atoms with E-state index in [4.69, 9.17) is 0 Å². The van der Waals surface area contributed by atoms with Crippen molar-refractivity contribution in [1.29, 1.82) is 0 Å². The van der Waals surface area contributed by atoms with Crippen LogP contribution < -0.4 is 9.73 Å². The molecule has 0 fully saturated rings. The molecule has 0 unspecified atom stereocenters. The Labute approximate surface area is 204 Å². The van der Waals surface area contributed by atoms with Crippen LogP contribution in [0.2, 0.25) is 0 Å². The van der Waals surface area contributed by atoms with E-state index in [9.17, 15) is 18.3 Å². The summed E-state index contributed by atoms with van der Waals surface area (Å²) in [5, 5.41) is 15.9. The molecule has 0 bridgehead atoms. The summed E-state index contributed by atoms with van der Waals surface area (Å²) in [7, 11) is -4.01. The minimum atomic E-state index is -4.01. The van der Waals surface area contributed by atoms with Gasteiger partial charge in [0.25, 0.3) is 15.9 Å². The van der Waals surface area contributed by atoms with Crippen LogP contribution in [0.15, 0.2) is 94.9 Å². The second-order valence-corrected chi connectivity index (χ2v) is 10.0. The predicted octanol–water partition coefficient (Wildman–Crippen LogP) is 4.51. The van der Waals surface area contributed by atoms with Gasteiger partial charge in [0, 0.05) is 5.56 Å². The lowest BCUT2D eigenvalue weighted by atomic mass is 10.0. The molecule has 2 N–H and O–H groups in total. The third-order valence-corrected chi connectivity index (χ3v) is 7.30. The number of fused-ring (bicyclic) bond motifs is 1. The van der Waals surface area contributed by atoms with E-state index < -0.39 is 22.5 Å². The number of hydrogen-bond acceptors (Lipinski definition) is 5. The van der Waals surface area contributed by atoms with Crippen LogP contribution in [0, 0.1) is 13.8 Å². The molecule has 7 nitrogen and oxygen atoms in total. The van der Waals surface area contributed by atoms with E-state index in [1.165, 1.54) is 18.3 Å². The zero-order valence-corrected chi connectivity index (χ0v) is 20.2. The summed E-state index contributed by atoms with van der Waals surface area (Å²) >= 11 is 0. The fourth-order valence-electron chi connectivity index (χ4n) is 3.69. The van der Waals surface area contributed by atoms with Crippen molar-refractivity contribution in [3.8, 4) is 5.75 Å². The number of carbonyl (C=O) groups is 1. The quantitative estimate of drug-likeness (QED) is 0.296. The Morgan fingerprint density at radius 1 is 0.943 bits per heavy atom. The molecule has 178 valence electrons. The number of hydrazone groups is 1. The molecule has 4 aromatic carbocycles. The first-order valence-electron chi connectivity index (χ1n) is 10.9. The molecule has 0 spiro atoms. The molecular formula is C27H25N3O4S. The lowest BCUT2D eigenvalue weighted by Gasteiger charge is -2.24. The number of sulfonamides is 1. The van der Waals surface area contributed by atoms with Crippen molar-refractivity contribution in [2.24, 2.45) is 5.10 Å². The van der Waals surface area contributed by atoms with Crippen molar-refractivity contribution in [3.05, 3.63) is 102 Å². The predicted molar refractivity (Wildman–Crippen MR) is 138 cm³/mol. The van der Waals surface area contributed by atoms with E-state index >= 15 is 0 Å². The molecule has 8 heteroatoms. The minimum Gasteiger partial charge on any atom is -0.507 e. The van der Waals surface area contributed by atoms with E-state index in [0.29, 0.717) is 11.3 Å². The molecular weight excluding hydrogens is 462 g/mol. The molecule has 0 aliphatic rings. The third-order valence-electron chi connectivity index (χ3n) is 5.52. The summed E-state index contributed by atoms with van der Waals surface area (Å²) in [6, 6.07) is 24.2. The number of phenols is 1. The van der Waals surface area contributed by atoms with Gasteiger partial charge in [0.2, 0.25) is 0 Å². The highest BCUT2D eigenvalue weighted by Gasteiger charge is 2.27. The number of amides is 1. The summed E-state index contributed by atoms with van der Waals surface area (Å²) in [6.45, 7) is 3.24. The van der Waals surface area contributed by atoms with Crippen LogP contribution in [-0.4, -0.2) is 32.2 Å². The molecule has 0 saturated carbocycles. The van der Waals surface area contributed by atoms with Gasteiger partial charge in [0.15, 0.2) is 0 Å². The highest BCUT2D eigenvalue weighted by atomic mass is 32.2. The first-order valence-corrected chi connectivity index (χ1v) is 12.4. The minimum absolute atomic E-state index is 0.0186. The van der Waals surface area contributed by atoms with Crippen molar-refractivity contribution < 1.29 is 18.3 Å². The molecule has 1 amide bonds. The first-order chi connectivity index (χ1) is 16.8. The number of nitrogens with zero attached hydrogens (tertiary/aromatic N) is 2. The smallest absolute Gasteiger partial charge is 0.264 e. The average molecular weight is 488 g/mol. The number of nitrogens with one attached hydrogen (secondary N) is 1. The monoisotopic (exact) mass is 487 g/mol. The van der Waals surface area contributed by atoms with Crippen LogP contribution >= 0.6 is 0 Å². The van der Waals surface area contributed by atoms with Crippen molar-refractivity contribution in [2.45, 2.75) is 18.7 Å². The SMILES string of the molecule is Cc1ccc(S(=O)(=O)N(CC(=O)N/N=C/c2c(O)ccc3ccccc23)c2cccc(C)c2)cc1. The van der Waals surface area contributed by atoms with Gasteiger partial charge in [-0.15, -0.1) is 0 Å². The zero-order chi connectivity index (χ0) is 25.0. The second kappa shape index (κ2) is 9.99. The number of hydrogen-bond donors (Lipinski definition) is 2. The van der Waals surface area contributed by atoms with Gasteiger partial charge < -0.3 is 5.11 Å². The fourth-order valence-corrected chi connectivity index (χ4v) is 5.10.